The van der Waals surface area contributed by atoms with Gasteiger partial charge in [-0.15, -0.1) is 0 Å². The Balaban J connectivity index is 3.18. The van der Waals surface area contributed by atoms with Gasteiger partial charge in [0.15, 0.2) is 11.4 Å². The van der Waals surface area contributed by atoms with Crippen LogP contribution in [-0.2, 0) is 0 Å². The molecule has 0 aliphatic rings. The summed E-state index contributed by atoms with van der Waals surface area (Å²) in [5, 5.41) is 11.8. The smallest absolute Gasteiger partial charge is 0.195 e. The van der Waals surface area contributed by atoms with Gasteiger partial charge in [-0.25, -0.2) is 0 Å². The van der Waals surface area contributed by atoms with Gasteiger partial charge in [0.25, 0.3) is 0 Å². The van der Waals surface area contributed by atoms with E-state index in [4.69, 9.17) is 0 Å². The van der Waals surface area contributed by atoms with Crippen LogP contribution in [0.1, 0.15) is 50.9 Å². The molecule has 0 unspecified atom stereocenters. The average Bonchev–Trinajstić information content (AvgIpc) is 2.03. The van der Waals surface area contributed by atoms with Crippen molar-refractivity contribution in [3.05, 3.63) is 34.8 Å². The van der Waals surface area contributed by atoms with Crippen molar-refractivity contribution < 1.29 is 4.73 Å². The Hall–Kier alpha value is -1.05. The highest BCUT2D eigenvalue weighted by molar-refractivity contribution is 5.09. The van der Waals surface area contributed by atoms with E-state index in [-0.39, 0.29) is 11.8 Å². The zero-order chi connectivity index (χ0) is 10.0. The molecule has 0 aliphatic heterocycles. The lowest BCUT2D eigenvalue weighted by atomic mass is 10.1. The SMILES string of the molecule is CC(C)c1cccc(C(C)C)[n+]1[O-]. The Labute approximate surface area is 79.8 Å². The van der Waals surface area contributed by atoms with Crippen molar-refractivity contribution in [2.75, 3.05) is 0 Å². The standard InChI is InChI=1S/C11H17NO/c1-8(2)10-6-5-7-11(9(3)4)12(10)13/h5-9H,1-4H3. The normalized spacial score (nSPS) is 11.2. The molecule has 72 valence electrons. The number of pyridine rings is 1. The number of hydrogen-bond donors (Lipinski definition) is 0. The van der Waals surface area contributed by atoms with Gasteiger partial charge in [-0.2, -0.15) is 4.73 Å². The van der Waals surface area contributed by atoms with E-state index >= 15 is 0 Å². The second kappa shape index (κ2) is 3.77. The molecular formula is C11H17NO. The molecule has 2 heteroatoms. The van der Waals surface area contributed by atoms with Gasteiger partial charge in [0.2, 0.25) is 0 Å². The summed E-state index contributed by atoms with van der Waals surface area (Å²) in [5.74, 6) is 0.576. The number of nitrogens with zero attached hydrogens (tertiary/aromatic N) is 1. The molecule has 1 aromatic rings. The highest BCUT2D eigenvalue weighted by Crippen LogP contribution is 2.14. The molecule has 0 spiro atoms. The van der Waals surface area contributed by atoms with Crippen LogP contribution in [0.25, 0.3) is 0 Å². The first-order chi connectivity index (χ1) is 6.04. The summed E-state index contributed by atoms with van der Waals surface area (Å²) in [6, 6.07) is 5.74. The Morgan fingerprint density at radius 1 is 1.00 bits per heavy atom. The molecule has 0 radical (unpaired) electrons. The van der Waals surface area contributed by atoms with Crippen molar-refractivity contribution in [1.29, 1.82) is 0 Å². The molecule has 0 saturated heterocycles. The summed E-state index contributed by atoms with van der Waals surface area (Å²) in [5.41, 5.74) is 1.71. The summed E-state index contributed by atoms with van der Waals surface area (Å²) < 4.78 is 1.06. The van der Waals surface area contributed by atoms with Gasteiger partial charge in [0, 0.05) is 24.0 Å². The van der Waals surface area contributed by atoms with Gasteiger partial charge in [0.05, 0.1) is 0 Å². The first kappa shape index (κ1) is 10.0. The maximum Gasteiger partial charge on any atom is 0.195 e. The number of rotatable bonds is 2. The Morgan fingerprint density at radius 2 is 1.38 bits per heavy atom. The van der Waals surface area contributed by atoms with E-state index in [2.05, 4.69) is 0 Å². The fourth-order valence-electron chi connectivity index (χ4n) is 1.38. The molecule has 0 atom stereocenters. The second-order valence-corrected chi connectivity index (χ2v) is 3.98. The number of aromatic nitrogens is 1. The van der Waals surface area contributed by atoms with Crippen LogP contribution in [0.5, 0.6) is 0 Å². The zero-order valence-corrected chi connectivity index (χ0v) is 8.74. The minimum Gasteiger partial charge on any atom is -0.618 e. The largest absolute Gasteiger partial charge is 0.618 e. The quantitative estimate of drug-likeness (QED) is 0.506. The molecule has 2 nitrogen and oxygen atoms in total. The lowest BCUT2D eigenvalue weighted by molar-refractivity contribution is -0.624. The molecule has 0 aromatic carbocycles. The lowest BCUT2D eigenvalue weighted by Crippen LogP contribution is -2.37. The molecule has 1 rings (SSSR count). The zero-order valence-electron chi connectivity index (χ0n) is 8.74. The summed E-state index contributed by atoms with van der Waals surface area (Å²) in [6.45, 7) is 8.14. The van der Waals surface area contributed by atoms with Gasteiger partial charge < -0.3 is 5.21 Å². The van der Waals surface area contributed by atoms with Crippen LogP contribution >= 0.6 is 0 Å². The van der Waals surface area contributed by atoms with Gasteiger partial charge >= 0.3 is 0 Å². The molecule has 0 fully saturated rings. The van der Waals surface area contributed by atoms with E-state index in [1.165, 1.54) is 0 Å². The van der Waals surface area contributed by atoms with Crippen molar-refractivity contribution in [3.8, 4) is 0 Å². The molecule has 1 heterocycles. The minimum atomic E-state index is 0.288. The third kappa shape index (κ3) is 2.00. The van der Waals surface area contributed by atoms with Gasteiger partial charge in [-0.1, -0.05) is 27.7 Å². The van der Waals surface area contributed by atoms with Crippen LogP contribution < -0.4 is 4.73 Å². The topological polar surface area (TPSA) is 26.9 Å². The van der Waals surface area contributed by atoms with E-state index in [1.54, 1.807) is 0 Å². The van der Waals surface area contributed by atoms with E-state index in [1.807, 2.05) is 45.9 Å². The highest BCUT2D eigenvalue weighted by Gasteiger charge is 2.15. The van der Waals surface area contributed by atoms with E-state index in [0.29, 0.717) is 0 Å². The van der Waals surface area contributed by atoms with Crippen molar-refractivity contribution in [2.24, 2.45) is 0 Å². The molecule has 1 aromatic heterocycles. The van der Waals surface area contributed by atoms with Gasteiger partial charge in [-0.05, 0) is 6.07 Å². The second-order valence-electron chi connectivity index (χ2n) is 3.98. The summed E-state index contributed by atoms with van der Waals surface area (Å²) >= 11 is 0. The van der Waals surface area contributed by atoms with E-state index < -0.39 is 0 Å². The molecule has 0 N–H and O–H groups in total. The van der Waals surface area contributed by atoms with Crippen LogP contribution in [0, 0.1) is 5.21 Å². The fourth-order valence-corrected chi connectivity index (χ4v) is 1.38. The molecule has 13 heavy (non-hydrogen) atoms. The fraction of sp³-hybridized carbons (Fsp3) is 0.545. The summed E-state index contributed by atoms with van der Waals surface area (Å²) in [6.07, 6.45) is 0. The maximum atomic E-state index is 11.8. The van der Waals surface area contributed by atoms with Crippen molar-refractivity contribution in [1.82, 2.24) is 0 Å². The van der Waals surface area contributed by atoms with Crippen molar-refractivity contribution in [3.63, 3.8) is 0 Å². The Bertz CT molecular complexity index is 266. The first-order valence-electron chi connectivity index (χ1n) is 4.76. The molecule has 0 saturated carbocycles. The van der Waals surface area contributed by atoms with Crippen molar-refractivity contribution in [2.45, 2.75) is 39.5 Å². The average molecular weight is 179 g/mol. The van der Waals surface area contributed by atoms with Crippen molar-refractivity contribution >= 4 is 0 Å². The predicted octanol–water partition coefficient (Wildman–Crippen LogP) is 2.57. The number of hydrogen-bond acceptors (Lipinski definition) is 1. The summed E-state index contributed by atoms with van der Waals surface area (Å²) in [4.78, 5) is 0. The Kier molecular flexibility index (Phi) is 2.91. The van der Waals surface area contributed by atoms with Gasteiger partial charge in [0.1, 0.15) is 0 Å². The highest BCUT2D eigenvalue weighted by atomic mass is 16.5. The molecule has 0 aliphatic carbocycles. The van der Waals surface area contributed by atoms with Gasteiger partial charge in [-0.3, -0.25) is 0 Å². The van der Waals surface area contributed by atoms with E-state index in [9.17, 15) is 5.21 Å². The van der Waals surface area contributed by atoms with E-state index in [0.717, 1.165) is 16.1 Å². The first-order valence-corrected chi connectivity index (χ1v) is 4.76. The van der Waals surface area contributed by atoms with Crippen LogP contribution in [0.15, 0.2) is 18.2 Å². The van der Waals surface area contributed by atoms with Crippen LogP contribution in [0.3, 0.4) is 0 Å². The van der Waals surface area contributed by atoms with Crippen LogP contribution in [-0.4, -0.2) is 0 Å². The lowest BCUT2D eigenvalue weighted by Gasteiger charge is -2.12. The Morgan fingerprint density at radius 3 is 1.69 bits per heavy atom. The maximum absolute atomic E-state index is 11.8. The third-order valence-corrected chi connectivity index (χ3v) is 2.19. The molecule has 0 amide bonds. The molecular weight excluding hydrogens is 162 g/mol. The minimum absolute atomic E-state index is 0.288. The van der Waals surface area contributed by atoms with Crippen LogP contribution in [0.2, 0.25) is 0 Å². The summed E-state index contributed by atoms with van der Waals surface area (Å²) in [7, 11) is 0. The monoisotopic (exact) mass is 179 g/mol. The molecule has 0 bridgehead atoms. The predicted molar refractivity (Wildman–Crippen MR) is 53.6 cm³/mol. The third-order valence-electron chi connectivity index (χ3n) is 2.19. The van der Waals surface area contributed by atoms with Crippen LogP contribution in [0.4, 0.5) is 0 Å².